The van der Waals surface area contributed by atoms with Crippen molar-refractivity contribution in [3.05, 3.63) is 52.4 Å². The normalized spacial score (nSPS) is 21.0. The lowest BCUT2D eigenvalue weighted by molar-refractivity contribution is 0.278. The molecule has 1 aliphatic rings. The van der Waals surface area contributed by atoms with Gasteiger partial charge in [0.05, 0.1) is 6.20 Å². The van der Waals surface area contributed by atoms with Crippen molar-refractivity contribution in [2.24, 2.45) is 5.41 Å². The van der Waals surface area contributed by atoms with Crippen LogP contribution in [0.4, 0.5) is 5.95 Å². The van der Waals surface area contributed by atoms with Gasteiger partial charge < -0.3 is 5.32 Å². The maximum absolute atomic E-state index is 12.0. The van der Waals surface area contributed by atoms with Crippen LogP contribution in [0, 0.1) is 5.41 Å². The number of hydrogen-bond acceptors (Lipinski definition) is 5. The van der Waals surface area contributed by atoms with Gasteiger partial charge in [-0.3, -0.25) is 19.8 Å². The van der Waals surface area contributed by atoms with Crippen LogP contribution < -0.4 is 10.9 Å². The minimum absolute atomic E-state index is 0.149. The second-order valence-corrected chi connectivity index (χ2v) is 7.16. The van der Waals surface area contributed by atoms with E-state index in [1.165, 1.54) is 11.8 Å². The van der Waals surface area contributed by atoms with Crippen molar-refractivity contribution in [1.82, 2.24) is 25.1 Å². The molecule has 4 rings (SSSR count). The summed E-state index contributed by atoms with van der Waals surface area (Å²) in [5.41, 5.74) is 1.82. The molecule has 0 aliphatic carbocycles. The molecule has 1 fully saturated rings. The van der Waals surface area contributed by atoms with E-state index >= 15 is 0 Å². The van der Waals surface area contributed by atoms with E-state index in [2.05, 4.69) is 61.6 Å². The molecule has 0 saturated carbocycles. The first-order valence-corrected chi connectivity index (χ1v) is 8.55. The lowest BCUT2D eigenvalue weighted by Gasteiger charge is -2.25. The highest BCUT2D eigenvalue weighted by molar-refractivity contribution is 5.73. The Labute approximate surface area is 145 Å². The topological polar surface area (TPSA) is 89.7 Å². The molecule has 0 bridgehead atoms. The van der Waals surface area contributed by atoms with Gasteiger partial charge in [-0.2, -0.15) is 10.1 Å². The SMILES string of the molecule is CC1(CNc2nc3[nH]ncc3c(=O)[nH]2)CCN(Cc2ccccc2)C1. The van der Waals surface area contributed by atoms with Gasteiger partial charge in [-0.1, -0.05) is 37.3 Å². The minimum atomic E-state index is -0.177. The fourth-order valence-electron chi connectivity index (χ4n) is 3.47. The lowest BCUT2D eigenvalue weighted by atomic mass is 9.90. The molecule has 1 aliphatic heterocycles. The van der Waals surface area contributed by atoms with Crippen molar-refractivity contribution < 1.29 is 0 Å². The zero-order valence-corrected chi connectivity index (χ0v) is 14.2. The quantitative estimate of drug-likeness (QED) is 0.662. The van der Waals surface area contributed by atoms with Gasteiger partial charge in [0.15, 0.2) is 5.65 Å². The van der Waals surface area contributed by atoms with E-state index in [0.717, 1.165) is 32.6 Å². The van der Waals surface area contributed by atoms with Crippen LogP contribution in [0.3, 0.4) is 0 Å². The fourth-order valence-corrected chi connectivity index (χ4v) is 3.47. The van der Waals surface area contributed by atoms with Crippen LogP contribution in [0.5, 0.6) is 0 Å². The molecular weight excluding hydrogens is 316 g/mol. The zero-order valence-electron chi connectivity index (χ0n) is 14.2. The summed E-state index contributed by atoms with van der Waals surface area (Å²) in [7, 11) is 0. The molecule has 1 atom stereocenters. The Balaban J connectivity index is 1.39. The van der Waals surface area contributed by atoms with E-state index in [9.17, 15) is 4.79 Å². The Morgan fingerprint density at radius 3 is 3.00 bits per heavy atom. The molecule has 2 aromatic heterocycles. The van der Waals surface area contributed by atoms with E-state index < -0.39 is 0 Å². The van der Waals surface area contributed by atoms with Crippen LogP contribution in [0.25, 0.3) is 11.0 Å². The fraction of sp³-hybridized carbons (Fsp3) is 0.389. The van der Waals surface area contributed by atoms with Crippen molar-refractivity contribution in [2.75, 3.05) is 25.0 Å². The number of nitrogens with zero attached hydrogens (tertiary/aromatic N) is 3. The van der Waals surface area contributed by atoms with E-state index in [1.54, 1.807) is 0 Å². The summed E-state index contributed by atoms with van der Waals surface area (Å²) in [4.78, 5) is 21.6. The van der Waals surface area contributed by atoms with Gasteiger partial charge in [-0.15, -0.1) is 0 Å². The molecule has 1 aromatic carbocycles. The van der Waals surface area contributed by atoms with Crippen LogP contribution in [0.2, 0.25) is 0 Å². The maximum Gasteiger partial charge on any atom is 0.263 e. The Morgan fingerprint density at radius 1 is 1.32 bits per heavy atom. The van der Waals surface area contributed by atoms with Gasteiger partial charge in [-0.25, -0.2) is 0 Å². The van der Waals surface area contributed by atoms with Crippen molar-refractivity contribution in [1.29, 1.82) is 0 Å². The molecule has 0 amide bonds. The van der Waals surface area contributed by atoms with E-state index in [4.69, 9.17) is 0 Å². The number of aromatic nitrogens is 4. The van der Waals surface area contributed by atoms with Crippen molar-refractivity contribution in [2.45, 2.75) is 19.9 Å². The summed E-state index contributed by atoms with van der Waals surface area (Å²) in [6, 6.07) is 10.6. The van der Waals surface area contributed by atoms with E-state index in [1.807, 2.05) is 6.07 Å². The molecule has 3 aromatic rings. The Bertz CT molecular complexity index is 918. The molecule has 1 saturated heterocycles. The number of hydrogen-bond donors (Lipinski definition) is 3. The first kappa shape index (κ1) is 15.8. The predicted octanol–water partition coefficient (Wildman–Crippen LogP) is 1.97. The van der Waals surface area contributed by atoms with E-state index in [-0.39, 0.29) is 11.0 Å². The first-order chi connectivity index (χ1) is 12.1. The zero-order chi connectivity index (χ0) is 17.3. The average Bonchev–Trinajstić information content (AvgIpc) is 3.22. The molecule has 130 valence electrons. The third-order valence-electron chi connectivity index (χ3n) is 4.89. The number of aromatic amines is 2. The molecule has 7 heteroatoms. The van der Waals surface area contributed by atoms with Gasteiger partial charge in [0, 0.05) is 19.6 Å². The average molecular weight is 338 g/mol. The molecule has 3 N–H and O–H groups in total. The van der Waals surface area contributed by atoms with Crippen LogP contribution in [0.1, 0.15) is 18.9 Å². The van der Waals surface area contributed by atoms with Crippen molar-refractivity contribution >= 4 is 17.0 Å². The van der Waals surface area contributed by atoms with Crippen LogP contribution in [-0.4, -0.2) is 44.7 Å². The van der Waals surface area contributed by atoms with Gasteiger partial charge in [0.1, 0.15) is 5.39 Å². The molecule has 0 spiro atoms. The summed E-state index contributed by atoms with van der Waals surface area (Å²) in [6.45, 7) is 6.12. The summed E-state index contributed by atoms with van der Waals surface area (Å²) in [5, 5.41) is 10.4. The van der Waals surface area contributed by atoms with Crippen LogP contribution >= 0.6 is 0 Å². The third-order valence-corrected chi connectivity index (χ3v) is 4.89. The maximum atomic E-state index is 12.0. The molecule has 7 nitrogen and oxygen atoms in total. The first-order valence-electron chi connectivity index (χ1n) is 8.55. The number of fused-ring (bicyclic) bond motifs is 1. The molecule has 25 heavy (non-hydrogen) atoms. The van der Waals surface area contributed by atoms with Crippen LogP contribution in [0.15, 0.2) is 41.3 Å². The number of anilines is 1. The highest BCUT2D eigenvalue weighted by Crippen LogP contribution is 2.30. The van der Waals surface area contributed by atoms with Gasteiger partial charge in [-0.05, 0) is 23.9 Å². The number of benzene rings is 1. The van der Waals surface area contributed by atoms with Gasteiger partial charge in [0.2, 0.25) is 5.95 Å². The second kappa shape index (κ2) is 6.33. The van der Waals surface area contributed by atoms with Crippen molar-refractivity contribution in [3.8, 4) is 0 Å². The summed E-state index contributed by atoms with van der Waals surface area (Å²) in [5.74, 6) is 0.490. The van der Waals surface area contributed by atoms with Crippen LogP contribution in [-0.2, 0) is 6.54 Å². The lowest BCUT2D eigenvalue weighted by Crippen LogP contribution is -2.31. The highest BCUT2D eigenvalue weighted by Gasteiger charge is 2.33. The summed E-state index contributed by atoms with van der Waals surface area (Å²) in [6.07, 6.45) is 2.61. The number of H-pyrrole nitrogens is 2. The number of nitrogens with one attached hydrogen (secondary N) is 3. The Kier molecular flexibility index (Phi) is 4.01. The highest BCUT2D eigenvalue weighted by atomic mass is 16.1. The van der Waals surface area contributed by atoms with E-state index in [0.29, 0.717) is 17.0 Å². The smallest absolute Gasteiger partial charge is 0.263 e. The summed E-state index contributed by atoms with van der Waals surface area (Å²) >= 11 is 0. The molecule has 0 radical (unpaired) electrons. The molecule has 1 unspecified atom stereocenters. The standard InChI is InChI=1S/C18H22N6O/c1-18(7-8-24(12-18)10-13-5-3-2-4-6-13)11-19-17-21-15-14(9-20-23-15)16(25)22-17/h2-6,9H,7-8,10-12H2,1H3,(H3,19,20,21,22,23,25). The third kappa shape index (κ3) is 3.41. The monoisotopic (exact) mass is 338 g/mol. The largest absolute Gasteiger partial charge is 0.355 e. The molecular formula is C18H22N6O. The van der Waals surface area contributed by atoms with Crippen molar-refractivity contribution in [3.63, 3.8) is 0 Å². The van der Waals surface area contributed by atoms with Gasteiger partial charge >= 0.3 is 0 Å². The minimum Gasteiger partial charge on any atom is -0.355 e. The molecule has 3 heterocycles. The predicted molar refractivity (Wildman–Crippen MR) is 97.4 cm³/mol. The summed E-state index contributed by atoms with van der Waals surface area (Å²) < 4.78 is 0. The Hall–Kier alpha value is -2.67. The number of rotatable bonds is 5. The number of likely N-dealkylation sites (tertiary alicyclic amines) is 1. The Morgan fingerprint density at radius 2 is 2.16 bits per heavy atom. The second-order valence-electron chi connectivity index (χ2n) is 7.16. The van der Waals surface area contributed by atoms with Gasteiger partial charge in [0.25, 0.3) is 5.56 Å².